The van der Waals surface area contributed by atoms with E-state index in [-0.39, 0.29) is 0 Å². The fourth-order valence-corrected chi connectivity index (χ4v) is 6.27. The number of thioether (sulfide) groups is 2. The van der Waals surface area contributed by atoms with Crippen LogP contribution in [0.4, 0.5) is 0 Å². The highest BCUT2D eigenvalue weighted by molar-refractivity contribution is 8.26. The second-order valence-electron chi connectivity index (χ2n) is 6.98. The molecule has 0 radical (unpaired) electrons. The monoisotopic (exact) mass is 420 g/mol. The summed E-state index contributed by atoms with van der Waals surface area (Å²) < 4.78 is 0. The van der Waals surface area contributed by atoms with Crippen molar-refractivity contribution >= 4 is 43.1 Å². The molecule has 0 nitrogen and oxygen atoms in total. The number of benzene rings is 4. The number of rotatable bonds is 4. The Kier molecular flexibility index (Phi) is 5.60. The molecule has 0 saturated carbocycles. The molecule has 0 amide bonds. The third-order valence-electron chi connectivity index (χ3n) is 4.96. The second kappa shape index (κ2) is 8.83. The van der Waals surface area contributed by atoms with E-state index in [1.165, 1.54) is 41.9 Å². The van der Waals surface area contributed by atoms with Crippen molar-refractivity contribution in [2.45, 2.75) is 0 Å². The molecule has 5 rings (SSSR count). The van der Waals surface area contributed by atoms with Gasteiger partial charge >= 0.3 is 0 Å². The Morgan fingerprint density at radius 2 is 0.467 bits per heavy atom. The van der Waals surface area contributed by atoms with Crippen molar-refractivity contribution in [2.75, 3.05) is 0 Å². The largest absolute Gasteiger partial charge is 0.0864 e. The molecule has 0 aliphatic carbocycles. The smallest absolute Gasteiger partial charge is 0.0341 e. The van der Waals surface area contributed by atoms with E-state index in [4.69, 9.17) is 0 Å². The van der Waals surface area contributed by atoms with E-state index in [0.717, 1.165) is 0 Å². The number of hydrogen-bond donors (Lipinski definition) is 0. The topological polar surface area (TPSA) is 0 Å². The van der Waals surface area contributed by atoms with Crippen molar-refractivity contribution in [3.63, 3.8) is 0 Å². The minimum Gasteiger partial charge on any atom is -0.0864 e. The Balaban J connectivity index is 1.72. The predicted octanol–water partition coefficient (Wildman–Crippen LogP) is 8.52. The van der Waals surface area contributed by atoms with Gasteiger partial charge < -0.3 is 0 Å². The van der Waals surface area contributed by atoms with E-state index in [0.29, 0.717) is 0 Å². The highest BCUT2D eigenvalue weighted by Gasteiger charge is 2.26. The first kappa shape index (κ1) is 19.0. The fraction of sp³-hybridized carbons (Fsp3) is 0. The van der Waals surface area contributed by atoms with Crippen molar-refractivity contribution in [3.8, 4) is 0 Å². The minimum atomic E-state index is 1.26. The molecule has 0 unspecified atom stereocenters. The Morgan fingerprint density at radius 1 is 0.267 bits per heavy atom. The SMILES string of the molecule is c1ccc(C2=C(c3ccccc3)SC(c3ccccc3)=C(c3ccccc3)S2)cc1. The highest BCUT2D eigenvalue weighted by atomic mass is 32.2. The molecule has 0 aromatic heterocycles. The zero-order valence-electron chi connectivity index (χ0n) is 16.4. The molecule has 0 bridgehead atoms. The van der Waals surface area contributed by atoms with Crippen LogP contribution in [0, 0.1) is 0 Å². The maximum Gasteiger partial charge on any atom is 0.0341 e. The van der Waals surface area contributed by atoms with Gasteiger partial charge in [-0.15, -0.1) is 0 Å². The van der Waals surface area contributed by atoms with Crippen LogP contribution in [-0.2, 0) is 0 Å². The van der Waals surface area contributed by atoms with Gasteiger partial charge in [0.1, 0.15) is 0 Å². The lowest BCUT2D eigenvalue weighted by atomic mass is 10.1. The van der Waals surface area contributed by atoms with Gasteiger partial charge in [-0.2, -0.15) is 0 Å². The molecule has 0 N–H and O–H groups in total. The first-order chi connectivity index (χ1) is 14.9. The summed E-state index contributed by atoms with van der Waals surface area (Å²) in [4.78, 5) is 5.24. The summed E-state index contributed by atoms with van der Waals surface area (Å²) in [7, 11) is 0. The number of hydrogen-bond acceptors (Lipinski definition) is 2. The maximum absolute atomic E-state index is 2.21. The summed E-state index contributed by atoms with van der Waals surface area (Å²) >= 11 is 3.76. The minimum absolute atomic E-state index is 1.26. The zero-order valence-corrected chi connectivity index (χ0v) is 18.0. The quantitative estimate of drug-likeness (QED) is 0.324. The molecule has 1 aliphatic heterocycles. The van der Waals surface area contributed by atoms with E-state index in [2.05, 4.69) is 121 Å². The van der Waals surface area contributed by atoms with Gasteiger partial charge in [0.05, 0.1) is 0 Å². The summed E-state index contributed by atoms with van der Waals surface area (Å²) in [5.41, 5.74) is 5.03. The van der Waals surface area contributed by atoms with E-state index >= 15 is 0 Å². The van der Waals surface area contributed by atoms with E-state index < -0.39 is 0 Å². The van der Waals surface area contributed by atoms with Crippen LogP contribution in [0.5, 0.6) is 0 Å². The predicted molar refractivity (Wildman–Crippen MR) is 135 cm³/mol. The van der Waals surface area contributed by atoms with Crippen molar-refractivity contribution in [1.29, 1.82) is 0 Å². The molecule has 1 aliphatic rings. The molecular weight excluding hydrogens is 400 g/mol. The summed E-state index contributed by atoms with van der Waals surface area (Å²) in [5, 5.41) is 0. The lowest BCUT2D eigenvalue weighted by molar-refractivity contribution is 1.62. The average Bonchev–Trinajstić information content (AvgIpc) is 2.85. The molecule has 4 aromatic carbocycles. The van der Waals surface area contributed by atoms with Crippen molar-refractivity contribution in [1.82, 2.24) is 0 Å². The van der Waals surface area contributed by atoms with Crippen LogP contribution in [0.1, 0.15) is 22.3 Å². The van der Waals surface area contributed by atoms with E-state index in [9.17, 15) is 0 Å². The van der Waals surface area contributed by atoms with Gasteiger partial charge in [-0.05, 0) is 22.3 Å². The molecular formula is C28H20S2. The Bertz CT molecular complexity index is 999. The first-order valence-corrected chi connectivity index (χ1v) is 11.6. The summed E-state index contributed by atoms with van der Waals surface area (Å²) in [6.45, 7) is 0. The van der Waals surface area contributed by atoms with Gasteiger partial charge in [0.25, 0.3) is 0 Å². The molecule has 30 heavy (non-hydrogen) atoms. The molecule has 4 aromatic rings. The third-order valence-corrected chi connectivity index (χ3v) is 7.80. The van der Waals surface area contributed by atoms with Gasteiger partial charge in [-0.1, -0.05) is 145 Å². The lowest BCUT2D eigenvalue weighted by Gasteiger charge is -2.26. The third kappa shape index (κ3) is 3.89. The van der Waals surface area contributed by atoms with Crippen molar-refractivity contribution in [3.05, 3.63) is 144 Å². The van der Waals surface area contributed by atoms with Gasteiger partial charge in [0, 0.05) is 19.6 Å². The molecule has 1 heterocycles. The zero-order chi connectivity index (χ0) is 20.2. The van der Waals surface area contributed by atoms with Crippen LogP contribution in [0.3, 0.4) is 0 Å². The molecule has 0 atom stereocenters. The Hall–Kier alpha value is -2.94. The summed E-state index contributed by atoms with van der Waals surface area (Å²) in [6, 6.07) is 43.0. The second-order valence-corrected chi connectivity index (χ2v) is 9.03. The Labute approximate surface area is 186 Å². The van der Waals surface area contributed by atoms with E-state index in [1.54, 1.807) is 0 Å². The molecule has 0 fully saturated rings. The van der Waals surface area contributed by atoms with Crippen LogP contribution < -0.4 is 0 Å². The standard InChI is InChI=1S/C28H20S2/c1-5-13-21(14-6-1)25-26(22-15-7-2-8-16-22)30-28(24-19-11-4-12-20-24)27(29-25)23-17-9-3-10-18-23/h1-20H. The lowest BCUT2D eigenvalue weighted by Crippen LogP contribution is -1.97. The fourth-order valence-electron chi connectivity index (χ4n) is 3.51. The van der Waals surface area contributed by atoms with E-state index in [1.807, 2.05) is 23.5 Å². The molecule has 2 heteroatoms. The first-order valence-electron chi connectivity index (χ1n) is 9.96. The van der Waals surface area contributed by atoms with Crippen LogP contribution in [0.2, 0.25) is 0 Å². The van der Waals surface area contributed by atoms with Crippen LogP contribution in [0.25, 0.3) is 19.6 Å². The normalized spacial score (nSPS) is 14.1. The summed E-state index contributed by atoms with van der Waals surface area (Å²) in [5.74, 6) is 0. The summed E-state index contributed by atoms with van der Waals surface area (Å²) in [6.07, 6.45) is 0. The van der Waals surface area contributed by atoms with Gasteiger partial charge in [-0.25, -0.2) is 0 Å². The molecule has 144 valence electrons. The van der Waals surface area contributed by atoms with Crippen molar-refractivity contribution < 1.29 is 0 Å². The van der Waals surface area contributed by atoms with Crippen LogP contribution >= 0.6 is 23.5 Å². The van der Waals surface area contributed by atoms with Gasteiger partial charge in [-0.3, -0.25) is 0 Å². The average molecular weight is 421 g/mol. The highest BCUT2D eigenvalue weighted by Crippen LogP contribution is 2.58. The molecule has 0 saturated heterocycles. The maximum atomic E-state index is 2.21. The van der Waals surface area contributed by atoms with Crippen molar-refractivity contribution in [2.24, 2.45) is 0 Å². The Morgan fingerprint density at radius 3 is 0.667 bits per heavy atom. The van der Waals surface area contributed by atoms with Gasteiger partial charge in [0.2, 0.25) is 0 Å². The molecule has 0 spiro atoms. The van der Waals surface area contributed by atoms with Crippen LogP contribution in [0.15, 0.2) is 121 Å². The van der Waals surface area contributed by atoms with Gasteiger partial charge in [0.15, 0.2) is 0 Å². The van der Waals surface area contributed by atoms with Crippen LogP contribution in [-0.4, -0.2) is 0 Å².